The van der Waals surface area contributed by atoms with Crippen LogP contribution in [0, 0.1) is 0 Å². The highest BCUT2D eigenvalue weighted by Crippen LogP contribution is 2.41. The van der Waals surface area contributed by atoms with E-state index < -0.39 is 14.1 Å². The topological polar surface area (TPSA) is 36.9 Å². The molecule has 0 unspecified atom stereocenters. The van der Waals surface area contributed by atoms with Crippen LogP contribution in [0.1, 0.15) is 106 Å². The Hall–Kier alpha value is -1.76. The quantitative estimate of drug-likeness (QED) is 0.112. The second kappa shape index (κ2) is 15.3. The van der Waals surface area contributed by atoms with Gasteiger partial charge in [-0.25, -0.2) is 0 Å². The van der Waals surface area contributed by atoms with Crippen LogP contribution in [0.2, 0.25) is 5.04 Å². The third-order valence-corrected chi connectivity index (χ3v) is 13.9. The first-order valence-corrected chi connectivity index (χ1v) is 18.5. The highest BCUT2D eigenvalue weighted by Gasteiger charge is 2.56. The second-order valence-electron chi connectivity index (χ2n) is 13.7. The van der Waals surface area contributed by atoms with Crippen molar-refractivity contribution in [3.05, 3.63) is 72.8 Å². The van der Waals surface area contributed by atoms with E-state index in [0.717, 1.165) is 6.42 Å². The molecule has 2 aliphatic rings. The van der Waals surface area contributed by atoms with Gasteiger partial charge in [0.25, 0.3) is 8.32 Å². The molecule has 42 heavy (non-hydrogen) atoms. The van der Waals surface area contributed by atoms with Crippen molar-refractivity contribution in [3.63, 3.8) is 0 Å². The van der Waals surface area contributed by atoms with Gasteiger partial charge in [-0.1, -0.05) is 152 Å². The van der Waals surface area contributed by atoms with Gasteiger partial charge < -0.3 is 18.6 Å². The predicted octanol–water partition coefficient (Wildman–Crippen LogP) is 8.33. The molecule has 0 spiro atoms. The van der Waals surface area contributed by atoms with E-state index in [1.54, 1.807) is 0 Å². The normalized spacial score (nSPS) is 24.0. The maximum atomic E-state index is 7.24. The van der Waals surface area contributed by atoms with Gasteiger partial charge in [0.05, 0.1) is 6.61 Å². The molecule has 4 atom stereocenters. The van der Waals surface area contributed by atoms with Crippen molar-refractivity contribution < 1.29 is 18.6 Å². The third-order valence-electron chi connectivity index (χ3n) is 8.87. The molecular formula is C37H56O4Si. The van der Waals surface area contributed by atoms with Crippen molar-refractivity contribution in [2.24, 2.45) is 0 Å². The number of allylic oxidation sites excluding steroid dienone is 1. The van der Waals surface area contributed by atoms with E-state index in [2.05, 4.69) is 101 Å². The molecule has 2 aromatic rings. The Labute approximate surface area is 257 Å². The minimum Gasteiger partial charge on any atom is -0.405 e. The van der Waals surface area contributed by atoms with Crippen LogP contribution in [-0.4, -0.2) is 45.1 Å². The van der Waals surface area contributed by atoms with Crippen LogP contribution in [0.4, 0.5) is 0 Å². The fourth-order valence-corrected chi connectivity index (χ4v) is 11.3. The van der Waals surface area contributed by atoms with Gasteiger partial charge in [-0.3, -0.25) is 0 Å². The van der Waals surface area contributed by atoms with Gasteiger partial charge in [0.2, 0.25) is 0 Å². The Morgan fingerprint density at radius 2 is 1.29 bits per heavy atom. The smallest absolute Gasteiger partial charge is 0.261 e. The molecule has 0 N–H and O–H groups in total. The summed E-state index contributed by atoms with van der Waals surface area (Å²) in [7, 11) is -2.67. The van der Waals surface area contributed by atoms with Gasteiger partial charge >= 0.3 is 0 Å². The van der Waals surface area contributed by atoms with Crippen LogP contribution < -0.4 is 10.4 Å². The molecule has 0 saturated carbocycles. The number of benzene rings is 2. The zero-order valence-corrected chi connectivity index (χ0v) is 28.1. The van der Waals surface area contributed by atoms with Crippen molar-refractivity contribution in [3.8, 4) is 0 Å². The van der Waals surface area contributed by atoms with Gasteiger partial charge in [-0.15, -0.1) is 0 Å². The molecule has 2 fully saturated rings. The van der Waals surface area contributed by atoms with Crippen LogP contribution in [0.5, 0.6) is 0 Å². The molecule has 2 aromatic carbocycles. The van der Waals surface area contributed by atoms with Crippen LogP contribution >= 0.6 is 0 Å². The Morgan fingerprint density at radius 1 is 0.762 bits per heavy atom. The molecule has 2 aliphatic heterocycles. The van der Waals surface area contributed by atoms with Gasteiger partial charge in [-0.2, -0.15) is 0 Å². The Kier molecular flexibility index (Phi) is 12.1. The van der Waals surface area contributed by atoms with E-state index in [1.807, 2.05) is 13.8 Å². The van der Waals surface area contributed by atoms with Gasteiger partial charge in [-0.05, 0) is 42.1 Å². The summed E-state index contributed by atoms with van der Waals surface area (Å²) in [5, 5.41) is 2.47. The molecule has 2 heterocycles. The molecule has 0 amide bonds. The monoisotopic (exact) mass is 592 g/mol. The number of ether oxygens (including phenoxy) is 3. The van der Waals surface area contributed by atoms with E-state index in [4.69, 9.17) is 18.6 Å². The predicted molar refractivity (Wildman–Crippen MR) is 177 cm³/mol. The summed E-state index contributed by atoms with van der Waals surface area (Å²) in [5.74, 6) is -0.627. The summed E-state index contributed by atoms with van der Waals surface area (Å²) in [6, 6.07) is 21.6. The molecule has 2 saturated heterocycles. The Bertz CT molecular complexity index is 1040. The lowest BCUT2D eigenvalue weighted by Gasteiger charge is -2.43. The minimum atomic E-state index is -2.67. The van der Waals surface area contributed by atoms with E-state index in [1.165, 1.54) is 68.2 Å². The molecule has 5 heteroatoms. The van der Waals surface area contributed by atoms with Gasteiger partial charge in [0.1, 0.15) is 24.4 Å². The van der Waals surface area contributed by atoms with E-state index in [0.29, 0.717) is 6.61 Å². The average Bonchev–Trinajstić information content (AvgIpc) is 3.45. The molecule has 4 nitrogen and oxygen atoms in total. The van der Waals surface area contributed by atoms with E-state index in [-0.39, 0.29) is 29.5 Å². The zero-order valence-electron chi connectivity index (χ0n) is 27.1. The van der Waals surface area contributed by atoms with Crippen molar-refractivity contribution in [2.75, 3.05) is 6.61 Å². The summed E-state index contributed by atoms with van der Waals surface area (Å²) in [5.41, 5.74) is 0. The van der Waals surface area contributed by atoms with E-state index in [9.17, 15) is 0 Å². The molecule has 4 rings (SSSR count). The maximum Gasteiger partial charge on any atom is 0.261 e. The summed E-state index contributed by atoms with van der Waals surface area (Å²) in [4.78, 5) is 0. The van der Waals surface area contributed by atoms with Crippen LogP contribution in [0.25, 0.3) is 0 Å². The van der Waals surface area contributed by atoms with Crippen LogP contribution in [0.3, 0.4) is 0 Å². The van der Waals surface area contributed by atoms with Crippen molar-refractivity contribution in [2.45, 2.75) is 141 Å². The summed E-state index contributed by atoms with van der Waals surface area (Å²) in [6.45, 7) is 13.7. The highest BCUT2D eigenvalue weighted by atomic mass is 28.4. The summed E-state index contributed by atoms with van der Waals surface area (Å²) >= 11 is 0. The first-order valence-electron chi connectivity index (χ1n) is 16.6. The van der Waals surface area contributed by atoms with Crippen LogP contribution in [0.15, 0.2) is 72.8 Å². The minimum absolute atomic E-state index is 0.0885. The molecule has 0 aromatic heterocycles. The number of rotatable bonds is 16. The standard InChI is InChI=1S/C37H56O4Si/c1-7-8-9-10-11-12-13-14-15-16-23-28-32-34-35(41-37(5,6)40-34)33(39-32)29-38-42(36(2,3)4,30-24-19-17-20-25-30)31-26-21-18-22-27-31/h17-28,32-35H,7-16,29H2,1-6H3/b28-23-/t32-,33+,34-,35+/m1/s1. The first kappa shape index (κ1) is 33.1. The first-order chi connectivity index (χ1) is 20.2. The Morgan fingerprint density at radius 3 is 1.83 bits per heavy atom. The average molecular weight is 593 g/mol. The van der Waals surface area contributed by atoms with Crippen molar-refractivity contribution >= 4 is 18.7 Å². The number of unbranched alkanes of at least 4 members (excludes halogenated alkanes) is 9. The van der Waals surface area contributed by atoms with Gasteiger partial charge in [0, 0.05) is 0 Å². The molecule has 0 aliphatic carbocycles. The SMILES string of the molecule is CCCCCCCCCCC/C=C\[C@H]1O[C@@H](CO[Si](c2ccccc2)(c2ccccc2)C(C)(C)C)[C@@H]2OC(C)(C)O[C@@H]21. The third kappa shape index (κ3) is 8.24. The molecule has 0 radical (unpaired) electrons. The van der Waals surface area contributed by atoms with Crippen LogP contribution in [-0.2, 0) is 18.6 Å². The molecular weight excluding hydrogens is 536 g/mol. The fraction of sp³-hybridized carbons (Fsp3) is 0.622. The van der Waals surface area contributed by atoms with Crippen molar-refractivity contribution in [1.82, 2.24) is 0 Å². The number of hydrogen-bond donors (Lipinski definition) is 0. The van der Waals surface area contributed by atoms with Gasteiger partial charge in [0.15, 0.2) is 5.79 Å². The molecule has 232 valence electrons. The number of hydrogen-bond acceptors (Lipinski definition) is 4. The fourth-order valence-electron chi connectivity index (χ4n) is 6.78. The number of fused-ring (bicyclic) bond motifs is 1. The second-order valence-corrected chi connectivity index (χ2v) is 18.0. The zero-order chi connectivity index (χ0) is 30.1. The maximum absolute atomic E-state index is 7.24. The lowest BCUT2D eigenvalue weighted by atomic mass is 10.1. The highest BCUT2D eigenvalue weighted by molar-refractivity contribution is 6.99. The van der Waals surface area contributed by atoms with E-state index >= 15 is 0 Å². The van der Waals surface area contributed by atoms with Crippen molar-refractivity contribution in [1.29, 1.82) is 0 Å². The largest absolute Gasteiger partial charge is 0.405 e. The Balaban J connectivity index is 1.41. The summed E-state index contributed by atoms with van der Waals surface area (Å²) in [6.07, 6.45) is 17.1. The summed E-state index contributed by atoms with van der Waals surface area (Å²) < 4.78 is 26.7. The lowest BCUT2D eigenvalue weighted by Crippen LogP contribution is -2.67. The lowest BCUT2D eigenvalue weighted by molar-refractivity contribution is -0.184. The molecule has 0 bridgehead atoms.